The molecule has 0 heterocycles. The van der Waals surface area contributed by atoms with Crippen LogP contribution in [0, 0.1) is 17.5 Å². The number of hydrogen-bond donors (Lipinski definition) is 1. The largest absolute Gasteiger partial charge is 0.396 e. The average Bonchev–Trinajstić information content (AvgIpc) is 2.09. The second kappa shape index (κ2) is 5.00. The van der Waals surface area contributed by atoms with Crippen LogP contribution in [0.1, 0.15) is 18.4 Å². The summed E-state index contributed by atoms with van der Waals surface area (Å²) in [5.74, 6) is -2.63. The lowest BCUT2D eigenvalue weighted by Crippen LogP contribution is -1.98. The van der Waals surface area contributed by atoms with Crippen molar-refractivity contribution in [2.24, 2.45) is 0 Å². The van der Waals surface area contributed by atoms with Crippen molar-refractivity contribution < 1.29 is 18.3 Å². The fourth-order valence-corrected chi connectivity index (χ4v) is 1.22. The van der Waals surface area contributed by atoms with Crippen molar-refractivity contribution in [3.05, 3.63) is 35.1 Å². The second-order valence-electron chi connectivity index (χ2n) is 3.03. The highest BCUT2D eigenvalue weighted by atomic mass is 19.1. The van der Waals surface area contributed by atoms with Gasteiger partial charge in [0, 0.05) is 24.3 Å². The number of benzene rings is 1. The lowest BCUT2D eigenvalue weighted by atomic mass is 10.1. The van der Waals surface area contributed by atoms with E-state index < -0.39 is 17.5 Å². The Morgan fingerprint density at radius 2 is 1.57 bits per heavy atom. The van der Waals surface area contributed by atoms with E-state index in [1.165, 1.54) is 0 Å². The maximum atomic E-state index is 13.0. The Morgan fingerprint density at radius 3 is 2.07 bits per heavy atom. The van der Waals surface area contributed by atoms with Crippen LogP contribution in [-0.2, 0) is 6.42 Å². The van der Waals surface area contributed by atoms with E-state index in [1.54, 1.807) is 0 Å². The van der Waals surface area contributed by atoms with Gasteiger partial charge in [-0.15, -0.1) is 0 Å². The van der Waals surface area contributed by atoms with Gasteiger partial charge in [0.05, 0.1) is 0 Å². The molecule has 0 saturated carbocycles. The van der Waals surface area contributed by atoms with Crippen LogP contribution < -0.4 is 0 Å². The minimum absolute atomic E-state index is 0.00949. The minimum Gasteiger partial charge on any atom is -0.396 e. The SMILES string of the molecule is OCCCCc1c(F)cc(F)cc1F. The highest BCUT2D eigenvalue weighted by molar-refractivity contribution is 5.20. The van der Waals surface area contributed by atoms with Crippen LogP contribution in [0.3, 0.4) is 0 Å². The quantitative estimate of drug-likeness (QED) is 0.747. The molecule has 1 aromatic carbocycles. The molecule has 0 bridgehead atoms. The summed E-state index contributed by atoms with van der Waals surface area (Å²) in [6.07, 6.45) is 1.14. The molecule has 1 nitrogen and oxygen atoms in total. The summed E-state index contributed by atoms with van der Waals surface area (Å²) in [5.41, 5.74) is -0.111. The van der Waals surface area contributed by atoms with Gasteiger partial charge >= 0.3 is 0 Å². The molecule has 0 aromatic heterocycles. The molecule has 0 radical (unpaired) electrons. The summed E-state index contributed by atoms with van der Waals surface area (Å²) in [4.78, 5) is 0. The Kier molecular flexibility index (Phi) is 3.95. The molecule has 0 saturated heterocycles. The summed E-state index contributed by atoms with van der Waals surface area (Å²) < 4.78 is 38.5. The molecule has 1 rings (SSSR count). The molecular formula is C10H11F3O. The van der Waals surface area contributed by atoms with Gasteiger partial charge in [-0.2, -0.15) is 0 Å². The Hall–Kier alpha value is -1.03. The van der Waals surface area contributed by atoms with Gasteiger partial charge in [-0.05, 0) is 19.3 Å². The molecule has 0 fully saturated rings. The summed E-state index contributed by atoms with van der Waals surface area (Å²) in [5, 5.41) is 8.48. The van der Waals surface area contributed by atoms with Crippen LogP contribution in [0.4, 0.5) is 13.2 Å². The zero-order valence-corrected chi connectivity index (χ0v) is 7.56. The van der Waals surface area contributed by atoms with Crippen LogP contribution in [0.5, 0.6) is 0 Å². The zero-order valence-electron chi connectivity index (χ0n) is 7.56. The number of aliphatic hydroxyl groups excluding tert-OH is 1. The van der Waals surface area contributed by atoms with Gasteiger partial charge in [-0.1, -0.05) is 0 Å². The molecule has 4 heteroatoms. The normalized spacial score (nSPS) is 10.6. The fourth-order valence-electron chi connectivity index (χ4n) is 1.22. The van der Waals surface area contributed by atoms with Crippen LogP contribution in [-0.4, -0.2) is 11.7 Å². The van der Waals surface area contributed by atoms with E-state index in [4.69, 9.17) is 5.11 Å². The average molecular weight is 204 g/mol. The topological polar surface area (TPSA) is 20.2 Å². The predicted octanol–water partition coefficient (Wildman–Crippen LogP) is 2.42. The first-order valence-corrected chi connectivity index (χ1v) is 4.39. The smallest absolute Gasteiger partial charge is 0.132 e. The third-order valence-corrected chi connectivity index (χ3v) is 1.94. The first-order chi connectivity index (χ1) is 6.65. The third-order valence-electron chi connectivity index (χ3n) is 1.94. The summed E-state index contributed by atoms with van der Waals surface area (Å²) in [6, 6.07) is 1.33. The maximum absolute atomic E-state index is 13.0. The first-order valence-electron chi connectivity index (χ1n) is 4.39. The number of aliphatic hydroxyl groups is 1. The zero-order chi connectivity index (χ0) is 10.6. The standard InChI is InChI=1S/C10H11F3O/c11-7-5-9(12)8(10(13)6-7)3-1-2-4-14/h5-6,14H,1-4H2. The Bertz CT molecular complexity index is 289. The van der Waals surface area contributed by atoms with E-state index in [0.29, 0.717) is 25.0 Å². The van der Waals surface area contributed by atoms with Crippen molar-refractivity contribution in [3.63, 3.8) is 0 Å². The Balaban J connectivity index is 2.75. The van der Waals surface area contributed by atoms with Crippen LogP contribution in [0.2, 0.25) is 0 Å². The van der Waals surface area contributed by atoms with Crippen LogP contribution in [0.25, 0.3) is 0 Å². The van der Waals surface area contributed by atoms with Gasteiger partial charge < -0.3 is 5.11 Å². The van der Waals surface area contributed by atoms with E-state index in [9.17, 15) is 13.2 Å². The minimum atomic E-state index is -0.911. The highest BCUT2D eigenvalue weighted by Crippen LogP contribution is 2.16. The fraction of sp³-hybridized carbons (Fsp3) is 0.400. The lowest BCUT2D eigenvalue weighted by molar-refractivity contribution is 0.284. The van der Waals surface area contributed by atoms with Gasteiger partial charge in [0.2, 0.25) is 0 Å². The van der Waals surface area contributed by atoms with Crippen LogP contribution >= 0.6 is 0 Å². The molecule has 0 unspecified atom stereocenters. The molecule has 0 aliphatic carbocycles. The van der Waals surface area contributed by atoms with Crippen molar-refractivity contribution in [1.29, 1.82) is 0 Å². The van der Waals surface area contributed by atoms with Crippen LogP contribution in [0.15, 0.2) is 12.1 Å². The molecule has 1 aromatic rings. The van der Waals surface area contributed by atoms with E-state index in [0.717, 1.165) is 0 Å². The summed E-state index contributed by atoms with van der Waals surface area (Å²) in [6.45, 7) is -0.00949. The third kappa shape index (κ3) is 2.73. The number of halogens is 3. The van der Waals surface area contributed by atoms with Crippen molar-refractivity contribution in [2.75, 3.05) is 6.61 Å². The van der Waals surface area contributed by atoms with Gasteiger partial charge in [0.15, 0.2) is 0 Å². The monoisotopic (exact) mass is 204 g/mol. The lowest BCUT2D eigenvalue weighted by Gasteiger charge is -2.04. The van der Waals surface area contributed by atoms with Crippen molar-refractivity contribution in [1.82, 2.24) is 0 Å². The molecule has 1 N–H and O–H groups in total. The molecule has 14 heavy (non-hydrogen) atoms. The van der Waals surface area contributed by atoms with E-state index >= 15 is 0 Å². The number of unbranched alkanes of at least 4 members (excludes halogenated alkanes) is 1. The highest BCUT2D eigenvalue weighted by Gasteiger charge is 2.10. The number of hydrogen-bond acceptors (Lipinski definition) is 1. The van der Waals surface area contributed by atoms with Crippen molar-refractivity contribution >= 4 is 0 Å². The van der Waals surface area contributed by atoms with E-state index in [-0.39, 0.29) is 18.6 Å². The predicted molar refractivity (Wildman–Crippen MR) is 46.3 cm³/mol. The molecule has 78 valence electrons. The first kappa shape index (κ1) is 11.0. The van der Waals surface area contributed by atoms with E-state index in [2.05, 4.69) is 0 Å². The molecule has 0 amide bonds. The number of rotatable bonds is 4. The Morgan fingerprint density at radius 1 is 1.00 bits per heavy atom. The molecule has 0 spiro atoms. The maximum Gasteiger partial charge on any atom is 0.132 e. The van der Waals surface area contributed by atoms with Gasteiger partial charge in [0.1, 0.15) is 17.5 Å². The van der Waals surface area contributed by atoms with Gasteiger partial charge in [0.25, 0.3) is 0 Å². The summed E-state index contributed by atoms with van der Waals surface area (Å²) in [7, 11) is 0. The van der Waals surface area contributed by atoms with Crippen molar-refractivity contribution in [3.8, 4) is 0 Å². The molecule has 0 atom stereocenters. The molecular weight excluding hydrogens is 193 g/mol. The molecule has 0 aliphatic rings. The molecule has 0 aliphatic heterocycles. The second-order valence-corrected chi connectivity index (χ2v) is 3.03. The van der Waals surface area contributed by atoms with E-state index in [1.807, 2.05) is 0 Å². The van der Waals surface area contributed by atoms with Gasteiger partial charge in [-0.3, -0.25) is 0 Å². The summed E-state index contributed by atoms with van der Waals surface area (Å²) >= 11 is 0. The van der Waals surface area contributed by atoms with Gasteiger partial charge in [-0.25, -0.2) is 13.2 Å². The Labute approximate surface area is 80.2 Å². The van der Waals surface area contributed by atoms with Crippen molar-refractivity contribution in [2.45, 2.75) is 19.3 Å².